The minimum absolute atomic E-state index is 0.119. The van der Waals surface area contributed by atoms with E-state index in [1.165, 1.54) is 23.8 Å². The van der Waals surface area contributed by atoms with E-state index in [4.69, 9.17) is 0 Å². The Morgan fingerprint density at radius 3 is 1.61 bits per heavy atom. The van der Waals surface area contributed by atoms with Crippen LogP contribution >= 0.6 is 0 Å². The first-order valence-electron chi connectivity index (χ1n) is 19.6. The lowest BCUT2D eigenvalue weighted by Crippen LogP contribution is -2.36. The Morgan fingerprint density at radius 2 is 0.966 bits per heavy atom. The van der Waals surface area contributed by atoms with Crippen molar-refractivity contribution in [1.82, 2.24) is 4.48 Å². The maximum absolute atomic E-state index is 11.0. The third-order valence-corrected chi connectivity index (χ3v) is 12.3. The molecule has 0 saturated heterocycles. The zero-order chi connectivity index (χ0) is 41.5. The van der Waals surface area contributed by atoms with Crippen LogP contribution in [0, 0.1) is 0 Å². The lowest BCUT2D eigenvalue weighted by molar-refractivity contribution is -0.324. The highest BCUT2D eigenvalue weighted by molar-refractivity contribution is 5.96. The van der Waals surface area contributed by atoms with Crippen molar-refractivity contribution in [3.05, 3.63) is 191 Å². The normalized spacial score (nSPS) is 15.2. The molecule has 0 atom stereocenters. The minimum atomic E-state index is -3.24. The van der Waals surface area contributed by atoms with Crippen molar-refractivity contribution in [2.75, 3.05) is 10.6 Å². The summed E-state index contributed by atoms with van der Waals surface area (Å²) < 4.78 is 0.119. The van der Waals surface area contributed by atoms with Crippen LogP contribution in [0.1, 0.15) is 61.1 Å². The van der Waals surface area contributed by atoms with E-state index < -0.39 is 17.4 Å². The summed E-state index contributed by atoms with van der Waals surface area (Å²) in [6, 6.07) is 51.2. The van der Waals surface area contributed by atoms with Gasteiger partial charge in [0.1, 0.15) is 22.7 Å². The molecule has 7 aromatic rings. The highest BCUT2D eigenvalue weighted by atomic mass is 16.7. The number of hydrogen-bond acceptors (Lipinski definition) is 8. The Bertz CT molecular complexity index is 2710. The van der Waals surface area contributed by atoms with Gasteiger partial charge < -0.3 is 41.3 Å². The Labute approximate surface area is 343 Å². The average Bonchev–Trinajstić information content (AvgIpc) is 3.21. The maximum atomic E-state index is 11.0. The number of quaternary nitrogens is 1. The van der Waals surface area contributed by atoms with Crippen molar-refractivity contribution in [2.45, 2.75) is 50.5 Å². The van der Waals surface area contributed by atoms with Crippen LogP contribution in [0.5, 0.6) is 0 Å². The zero-order valence-corrected chi connectivity index (χ0v) is 33.1. The molecule has 59 heavy (non-hydrogen) atoms. The molecule has 9 heteroatoms. The van der Waals surface area contributed by atoms with Crippen LogP contribution in [0.3, 0.4) is 0 Å². The number of fused-ring (bicyclic) bond motifs is 4. The smallest absolute Gasteiger partial charge is 0.305 e. The van der Waals surface area contributed by atoms with E-state index in [1.807, 2.05) is 74.5 Å². The van der Waals surface area contributed by atoms with E-state index in [9.17, 15) is 30.6 Å². The van der Waals surface area contributed by atoms with Crippen molar-refractivity contribution in [3.63, 3.8) is 0 Å². The van der Waals surface area contributed by atoms with E-state index in [2.05, 4.69) is 91.2 Å². The second-order valence-electron chi connectivity index (χ2n) is 16.6. The second kappa shape index (κ2) is 13.5. The molecule has 9 rings (SSSR count). The molecule has 2 aliphatic heterocycles. The summed E-state index contributed by atoms with van der Waals surface area (Å²) >= 11 is 0. The number of nitrogens with zero attached hydrogens (tertiary/aromatic N) is 1. The van der Waals surface area contributed by atoms with Crippen LogP contribution in [0.4, 0.5) is 45.5 Å². The van der Waals surface area contributed by atoms with Gasteiger partial charge >= 0.3 is 11.9 Å². The first-order chi connectivity index (χ1) is 28.0. The molecule has 0 aliphatic carbocycles. The van der Waals surface area contributed by atoms with Gasteiger partial charge in [-0.1, -0.05) is 125 Å². The van der Waals surface area contributed by atoms with E-state index >= 15 is 0 Å². The molecule has 0 bridgehead atoms. The van der Waals surface area contributed by atoms with E-state index in [1.54, 1.807) is 12.1 Å². The SMILES string of the molecule is CC1(C)c2ccccc2Nc2c1cccc2[N+](c1ccccc1)(c1ccccc1)c1cccc(-c2c(C(O)(O)O)ccc3c2Nc2cc(C(O)(O)O)ccc2C3(C)C)c1. The van der Waals surface area contributed by atoms with Crippen LogP contribution in [-0.2, 0) is 22.8 Å². The fraction of sp³-hybridized carbons (Fsp3) is 0.160. The summed E-state index contributed by atoms with van der Waals surface area (Å²) in [5, 5.41) is 70.6. The predicted octanol–water partition coefficient (Wildman–Crippen LogP) is 9.60. The topological polar surface area (TPSA) is 145 Å². The summed E-state index contributed by atoms with van der Waals surface area (Å²) in [6.07, 6.45) is 0. The zero-order valence-electron chi connectivity index (χ0n) is 33.1. The van der Waals surface area contributed by atoms with Gasteiger partial charge in [0, 0.05) is 75.8 Å². The van der Waals surface area contributed by atoms with E-state index in [-0.39, 0.29) is 21.0 Å². The number of benzene rings is 7. The van der Waals surface area contributed by atoms with Crippen molar-refractivity contribution in [3.8, 4) is 11.1 Å². The van der Waals surface area contributed by atoms with E-state index in [0.29, 0.717) is 22.5 Å². The largest absolute Gasteiger partial charge is 0.354 e. The molecule has 9 nitrogen and oxygen atoms in total. The van der Waals surface area contributed by atoms with Crippen LogP contribution in [-0.4, -0.2) is 30.6 Å². The van der Waals surface area contributed by atoms with Gasteiger partial charge in [0.15, 0.2) is 5.69 Å². The molecule has 2 aliphatic rings. The quantitative estimate of drug-likeness (QED) is 0.0590. The molecule has 0 spiro atoms. The van der Waals surface area contributed by atoms with Crippen molar-refractivity contribution < 1.29 is 30.6 Å². The summed E-state index contributed by atoms with van der Waals surface area (Å²) in [6.45, 7) is 8.52. The number of rotatable bonds is 7. The first-order valence-corrected chi connectivity index (χ1v) is 19.6. The third kappa shape index (κ3) is 5.98. The standard InChI is InChI=1S/C50H46N3O6/c1-47(2)36-21-11-12-23-41(36)51-45-39(47)22-14-24-43(45)53(33-16-7-5-8-17-33,34-18-9-6-10-19-34)35-20-13-15-31(29-35)44-38(50(57,58)59)27-28-40-46(44)52-42-30-32(49(54,55)56)25-26-37(42)48(40,3)4/h5-30,51-52,54-59H,1-4H3/q+1. The van der Waals surface area contributed by atoms with Crippen LogP contribution in [0.15, 0.2) is 158 Å². The Morgan fingerprint density at radius 1 is 0.441 bits per heavy atom. The molecule has 7 aromatic carbocycles. The molecule has 2 heterocycles. The Hall–Kier alpha value is -6.14. The Kier molecular flexibility index (Phi) is 8.75. The van der Waals surface area contributed by atoms with Gasteiger partial charge in [0.25, 0.3) is 0 Å². The molecule has 0 saturated carbocycles. The van der Waals surface area contributed by atoms with Gasteiger partial charge in [-0.15, -0.1) is 0 Å². The lowest BCUT2D eigenvalue weighted by atomic mass is 9.72. The molecule has 0 radical (unpaired) electrons. The molecule has 0 unspecified atom stereocenters. The molecule has 8 N–H and O–H groups in total. The van der Waals surface area contributed by atoms with Gasteiger partial charge in [0.2, 0.25) is 0 Å². The Balaban J connectivity index is 1.35. The number of para-hydroxylation sites is 4. The predicted molar refractivity (Wildman–Crippen MR) is 232 cm³/mol. The van der Waals surface area contributed by atoms with Gasteiger partial charge in [-0.05, 0) is 46.0 Å². The van der Waals surface area contributed by atoms with Crippen molar-refractivity contribution in [1.29, 1.82) is 0 Å². The number of hydrogen-bond donors (Lipinski definition) is 8. The van der Waals surface area contributed by atoms with Crippen molar-refractivity contribution >= 4 is 45.5 Å². The summed E-state index contributed by atoms with van der Waals surface area (Å²) in [5.74, 6) is -6.33. The monoisotopic (exact) mass is 784 g/mol. The number of nitrogens with one attached hydrogen (secondary N) is 2. The molecule has 296 valence electrons. The van der Waals surface area contributed by atoms with Gasteiger partial charge in [-0.3, -0.25) is 0 Å². The summed E-state index contributed by atoms with van der Waals surface area (Å²) in [4.78, 5) is 0. The first kappa shape index (κ1) is 38.4. The lowest BCUT2D eigenvalue weighted by Gasteiger charge is -2.42. The van der Waals surface area contributed by atoms with Gasteiger partial charge in [-0.25, -0.2) is 0 Å². The highest BCUT2D eigenvalue weighted by Crippen LogP contribution is 2.59. The highest BCUT2D eigenvalue weighted by Gasteiger charge is 2.46. The summed E-state index contributed by atoms with van der Waals surface area (Å²) in [5.41, 5.74) is 10.1. The molecular formula is C50H46N3O6+. The minimum Gasteiger partial charge on any atom is -0.354 e. The molecule has 0 fully saturated rings. The average molecular weight is 785 g/mol. The summed E-state index contributed by atoms with van der Waals surface area (Å²) in [7, 11) is 0. The van der Waals surface area contributed by atoms with Crippen molar-refractivity contribution in [2.24, 2.45) is 0 Å². The van der Waals surface area contributed by atoms with Crippen LogP contribution in [0.2, 0.25) is 0 Å². The molecule has 0 aromatic heterocycles. The maximum Gasteiger partial charge on any atom is 0.305 e. The molecular weight excluding hydrogens is 739 g/mol. The fourth-order valence-corrected chi connectivity index (χ4v) is 9.44. The van der Waals surface area contributed by atoms with Crippen LogP contribution < -0.4 is 15.1 Å². The van der Waals surface area contributed by atoms with Gasteiger partial charge in [0.05, 0.1) is 11.3 Å². The number of anilines is 4. The van der Waals surface area contributed by atoms with Crippen LogP contribution in [0.25, 0.3) is 11.1 Å². The third-order valence-electron chi connectivity index (χ3n) is 12.3. The molecule has 0 amide bonds. The van der Waals surface area contributed by atoms with Gasteiger partial charge in [-0.2, -0.15) is 4.48 Å². The number of aliphatic hydroxyl groups is 6. The fourth-order valence-electron chi connectivity index (χ4n) is 9.44. The van der Waals surface area contributed by atoms with E-state index in [0.717, 1.165) is 50.8 Å². The second-order valence-corrected chi connectivity index (χ2v) is 16.6.